The molecule has 23 heavy (non-hydrogen) atoms. The summed E-state index contributed by atoms with van der Waals surface area (Å²) in [6, 6.07) is 11.9. The summed E-state index contributed by atoms with van der Waals surface area (Å²) in [4.78, 5) is 26.4. The Morgan fingerprint density at radius 3 is 2.52 bits per heavy atom. The molecule has 118 valence electrons. The van der Waals surface area contributed by atoms with Gasteiger partial charge in [-0.15, -0.1) is 0 Å². The van der Waals surface area contributed by atoms with Crippen LogP contribution in [0.5, 0.6) is 0 Å². The number of aryl methyl sites for hydroxylation is 1. The van der Waals surface area contributed by atoms with E-state index in [1.165, 1.54) is 4.90 Å². The van der Waals surface area contributed by atoms with Crippen LogP contribution in [-0.2, 0) is 10.4 Å². The largest absolute Gasteiger partial charge is 0.375 e. The first-order valence-corrected chi connectivity index (χ1v) is 7.61. The molecule has 3 rings (SSSR count). The topological polar surface area (TPSA) is 57.6 Å². The Morgan fingerprint density at radius 1 is 1.22 bits per heavy atom. The van der Waals surface area contributed by atoms with Crippen molar-refractivity contribution in [2.45, 2.75) is 18.9 Å². The van der Waals surface area contributed by atoms with E-state index in [2.05, 4.69) is 0 Å². The van der Waals surface area contributed by atoms with E-state index in [-0.39, 0.29) is 12.2 Å². The minimum atomic E-state index is -1.88. The number of hydrogen-bond donors (Lipinski definition) is 1. The highest BCUT2D eigenvalue weighted by molar-refractivity contribution is 6.31. The number of carbonyl (C=O) groups is 2. The van der Waals surface area contributed by atoms with Gasteiger partial charge < -0.3 is 10.0 Å². The SMILES string of the molecule is Cc1ccc(C(=O)C[C@]2(O)C(=O)N(C)c3ccc(Cl)cc32)cc1. The van der Waals surface area contributed by atoms with E-state index in [0.717, 1.165) is 5.56 Å². The van der Waals surface area contributed by atoms with E-state index in [9.17, 15) is 14.7 Å². The number of likely N-dealkylation sites (N-methyl/N-ethyl adjacent to an activating group) is 1. The molecule has 0 unspecified atom stereocenters. The van der Waals surface area contributed by atoms with Crippen molar-refractivity contribution in [3.63, 3.8) is 0 Å². The van der Waals surface area contributed by atoms with Gasteiger partial charge in [0.05, 0.1) is 12.1 Å². The third-order valence-corrected chi connectivity index (χ3v) is 4.45. The van der Waals surface area contributed by atoms with Crippen molar-refractivity contribution in [2.75, 3.05) is 11.9 Å². The number of anilines is 1. The molecule has 0 aliphatic carbocycles. The quantitative estimate of drug-likeness (QED) is 0.880. The standard InChI is InChI=1S/C18H16ClNO3/c1-11-3-5-12(6-4-11)16(21)10-18(23)14-9-13(19)7-8-15(14)20(2)17(18)22/h3-9,23H,10H2,1-2H3/t18-/m1/s1. The van der Waals surface area contributed by atoms with E-state index in [4.69, 9.17) is 11.6 Å². The van der Waals surface area contributed by atoms with E-state index >= 15 is 0 Å². The van der Waals surface area contributed by atoms with Crippen molar-refractivity contribution in [3.05, 3.63) is 64.2 Å². The maximum Gasteiger partial charge on any atom is 0.263 e. The van der Waals surface area contributed by atoms with Gasteiger partial charge in [-0.2, -0.15) is 0 Å². The number of aliphatic hydroxyl groups is 1. The minimum absolute atomic E-state index is 0.290. The fraction of sp³-hybridized carbons (Fsp3) is 0.222. The first kappa shape index (κ1) is 15.7. The third kappa shape index (κ3) is 2.54. The number of hydrogen-bond acceptors (Lipinski definition) is 3. The second-order valence-electron chi connectivity index (χ2n) is 5.85. The van der Waals surface area contributed by atoms with Crippen LogP contribution in [0.1, 0.15) is 27.9 Å². The van der Waals surface area contributed by atoms with Crippen molar-refractivity contribution in [1.29, 1.82) is 0 Å². The highest BCUT2D eigenvalue weighted by atomic mass is 35.5. The van der Waals surface area contributed by atoms with Crippen molar-refractivity contribution in [1.82, 2.24) is 0 Å². The summed E-state index contributed by atoms with van der Waals surface area (Å²) in [5.41, 5.74) is 0.567. The number of halogens is 1. The Kier molecular flexibility index (Phi) is 3.74. The van der Waals surface area contributed by atoms with Gasteiger partial charge in [-0.05, 0) is 25.1 Å². The number of ketones is 1. The Balaban J connectivity index is 1.98. The summed E-state index contributed by atoms with van der Waals surface area (Å²) in [6.07, 6.45) is -0.313. The van der Waals surface area contributed by atoms with Gasteiger partial charge in [-0.3, -0.25) is 9.59 Å². The van der Waals surface area contributed by atoms with Gasteiger partial charge in [-0.1, -0.05) is 41.4 Å². The molecule has 1 aliphatic heterocycles. The first-order valence-electron chi connectivity index (χ1n) is 7.23. The number of rotatable bonds is 3. The Morgan fingerprint density at radius 2 is 1.87 bits per heavy atom. The lowest BCUT2D eigenvalue weighted by molar-refractivity contribution is -0.135. The monoisotopic (exact) mass is 329 g/mol. The average Bonchev–Trinajstić information content (AvgIpc) is 2.70. The molecule has 0 radical (unpaired) electrons. The number of Topliss-reactive ketones (excluding diaryl/α,β-unsaturated/α-hetero) is 1. The molecule has 0 fully saturated rings. The minimum Gasteiger partial charge on any atom is -0.375 e. The number of carbonyl (C=O) groups excluding carboxylic acids is 2. The van der Waals surface area contributed by atoms with Gasteiger partial charge in [0, 0.05) is 23.2 Å². The van der Waals surface area contributed by atoms with Gasteiger partial charge in [0.1, 0.15) is 0 Å². The van der Waals surface area contributed by atoms with Crippen LogP contribution < -0.4 is 4.90 Å². The molecule has 0 bridgehead atoms. The van der Waals surface area contributed by atoms with Crippen molar-refractivity contribution >= 4 is 29.0 Å². The first-order chi connectivity index (χ1) is 10.8. The van der Waals surface area contributed by atoms with Crippen LogP contribution in [0.15, 0.2) is 42.5 Å². The van der Waals surface area contributed by atoms with Gasteiger partial charge in [0.2, 0.25) is 0 Å². The molecule has 4 nitrogen and oxygen atoms in total. The zero-order valence-electron chi connectivity index (χ0n) is 12.8. The highest BCUT2D eigenvalue weighted by Crippen LogP contribution is 2.43. The van der Waals surface area contributed by atoms with Crippen molar-refractivity contribution in [2.24, 2.45) is 0 Å². The number of benzene rings is 2. The lowest BCUT2D eigenvalue weighted by atomic mass is 9.88. The molecule has 1 N–H and O–H groups in total. The molecular weight excluding hydrogens is 314 g/mol. The zero-order chi connectivity index (χ0) is 16.8. The number of fused-ring (bicyclic) bond motifs is 1. The molecule has 1 aliphatic rings. The predicted octanol–water partition coefficient (Wildman–Crippen LogP) is 3.09. The Labute approximate surface area is 139 Å². The second kappa shape index (κ2) is 5.48. The van der Waals surface area contributed by atoms with Crippen molar-refractivity contribution < 1.29 is 14.7 Å². The number of amides is 1. The van der Waals surface area contributed by atoms with Crippen LogP contribution in [0.4, 0.5) is 5.69 Å². The third-order valence-electron chi connectivity index (χ3n) is 4.21. The molecule has 1 atom stereocenters. The summed E-state index contributed by atoms with van der Waals surface area (Å²) < 4.78 is 0. The normalized spacial score (nSPS) is 19.8. The summed E-state index contributed by atoms with van der Waals surface area (Å²) >= 11 is 5.99. The van der Waals surface area contributed by atoms with Crippen LogP contribution >= 0.6 is 11.6 Å². The molecule has 2 aromatic carbocycles. The molecule has 0 spiro atoms. The summed E-state index contributed by atoms with van der Waals surface area (Å²) in [7, 11) is 1.57. The fourth-order valence-electron chi connectivity index (χ4n) is 2.88. The van der Waals surface area contributed by atoms with Crippen LogP contribution in [-0.4, -0.2) is 23.8 Å². The molecule has 1 amide bonds. The molecule has 2 aromatic rings. The van der Waals surface area contributed by atoms with E-state index < -0.39 is 11.5 Å². The average molecular weight is 330 g/mol. The zero-order valence-corrected chi connectivity index (χ0v) is 13.6. The lowest BCUT2D eigenvalue weighted by Gasteiger charge is -2.21. The van der Waals surface area contributed by atoms with Gasteiger partial charge >= 0.3 is 0 Å². The van der Waals surface area contributed by atoms with E-state index in [1.807, 2.05) is 19.1 Å². The summed E-state index contributed by atoms with van der Waals surface area (Å²) in [5, 5.41) is 11.3. The smallest absolute Gasteiger partial charge is 0.263 e. The number of nitrogens with zero attached hydrogens (tertiary/aromatic N) is 1. The van der Waals surface area contributed by atoms with Gasteiger partial charge in [0.15, 0.2) is 11.4 Å². The highest BCUT2D eigenvalue weighted by Gasteiger charge is 2.49. The van der Waals surface area contributed by atoms with Gasteiger partial charge in [0.25, 0.3) is 5.91 Å². The van der Waals surface area contributed by atoms with E-state index in [0.29, 0.717) is 21.8 Å². The molecule has 5 heteroatoms. The van der Waals surface area contributed by atoms with Crippen LogP contribution in [0.3, 0.4) is 0 Å². The lowest BCUT2D eigenvalue weighted by Crippen LogP contribution is -2.40. The second-order valence-corrected chi connectivity index (χ2v) is 6.29. The van der Waals surface area contributed by atoms with Crippen LogP contribution in [0.2, 0.25) is 5.02 Å². The van der Waals surface area contributed by atoms with Crippen molar-refractivity contribution in [3.8, 4) is 0 Å². The molecule has 0 saturated carbocycles. The van der Waals surface area contributed by atoms with E-state index in [1.54, 1.807) is 37.4 Å². The molecule has 0 aromatic heterocycles. The molecule has 1 heterocycles. The molecule has 0 saturated heterocycles. The molecular formula is C18H16ClNO3. The maximum atomic E-state index is 12.5. The maximum absolute atomic E-state index is 12.5. The van der Waals surface area contributed by atoms with Gasteiger partial charge in [-0.25, -0.2) is 0 Å². The summed E-state index contributed by atoms with van der Waals surface area (Å²) in [6.45, 7) is 1.93. The Hall–Kier alpha value is -2.17. The Bertz CT molecular complexity index is 800. The predicted molar refractivity (Wildman–Crippen MR) is 88.9 cm³/mol. The fourth-order valence-corrected chi connectivity index (χ4v) is 3.05. The van der Waals surface area contributed by atoms with Crippen LogP contribution in [0.25, 0.3) is 0 Å². The summed E-state index contributed by atoms with van der Waals surface area (Å²) in [5.74, 6) is -0.808. The van der Waals surface area contributed by atoms with Crippen LogP contribution in [0, 0.1) is 6.92 Å².